The highest BCUT2D eigenvalue weighted by atomic mass is 19.3. The molecular formula is C33H55F2N5O6. The number of halogens is 2. The van der Waals surface area contributed by atoms with Crippen molar-refractivity contribution in [3.8, 4) is 0 Å². The molecule has 0 spiro atoms. The average Bonchev–Trinajstić information content (AvgIpc) is 3.22. The first kappa shape index (κ1) is 37.5. The van der Waals surface area contributed by atoms with Gasteiger partial charge >= 0.3 is 12.0 Å². The van der Waals surface area contributed by atoms with Crippen molar-refractivity contribution in [1.29, 1.82) is 0 Å². The molecule has 262 valence electrons. The fourth-order valence-electron chi connectivity index (χ4n) is 7.00. The largest absolute Gasteiger partial charge is 0.460 e. The molecule has 0 radical (unpaired) electrons. The summed E-state index contributed by atoms with van der Waals surface area (Å²) in [5.41, 5.74) is -2.07. The number of alkyl halides is 2. The number of rotatable bonds is 11. The Labute approximate surface area is 272 Å². The minimum atomic E-state index is -2.90. The Balaban J connectivity index is 1.74. The lowest BCUT2D eigenvalue weighted by Crippen LogP contribution is -2.62. The molecule has 13 heteroatoms. The van der Waals surface area contributed by atoms with Crippen LogP contribution < -0.4 is 21.3 Å². The Morgan fingerprint density at radius 1 is 0.935 bits per heavy atom. The molecule has 0 bridgehead atoms. The van der Waals surface area contributed by atoms with E-state index in [4.69, 9.17) is 4.74 Å². The molecule has 5 atom stereocenters. The van der Waals surface area contributed by atoms with Crippen LogP contribution in [0.2, 0.25) is 0 Å². The maximum absolute atomic E-state index is 14.2. The van der Waals surface area contributed by atoms with Crippen LogP contribution in [0.4, 0.5) is 13.6 Å². The van der Waals surface area contributed by atoms with Gasteiger partial charge < -0.3 is 30.9 Å². The van der Waals surface area contributed by atoms with Crippen LogP contribution in [0.3, 0.4) is 0 Å². The van der Waals surface area contributed by atoms with Crippen molar-refractivity contribution in [3.63, 3.8) is 0 Å². The van der Waals surface area contributed by atoms with Crippen molar-refractivity contribution in [2.75, 3.05) is 13.1 Å². The summed E-state index contributed by atoms with van der Waals surface area (Å²) in [7, 11) is 0. The Morgan fingerprint density at radius 3 is 2.09 bits per heavy atom. The summed E-state index contributed by atoms with van der Waals surface area (Å²) in [6.45, 7) is 16.7. The number of carbonyl (C=O) groups excluding carboxylic acids is 5. The topological polar surface area (TPSA) is 146 Å². The molecule has 1 heterocycles. The average molecular weight is 656 g/mol. The van der Waals surface area contributed by atoms with Crippen LogP contribution in [-0.4, -0.2) is 83.4 Å². The molecule has 5 amide bonds. The Hall–Kier alpha value is -2.99. The van der Waals surface area contributed by atoms with Crippen molar-refractivity contribution in [1.82, 2.24) is 26.2 Å². The molecule has 46 heavy (non-hydrogen) atoms. The van der Waals surface area contributed by atoms with E-state index in [-0.39, 0.29) is 42.3 Å². The molecule has 3 aliphatic rings. The fourth-order valence-corrected chi connectivity index (χ4v) is 7.00. The van der Waals surface area contributed by atoms with Crippen LogP contribution in [0.25, 0.3) is 0 Å². The number of hydrogen-bond acceptors (Lipinski definition) is 6. The van der Waals surface area contributed by atoms with Gasteiger partial charge in [0.15, 0.2) is 0 Å². The first-order valence-corrected chi connectivity index (χ1v) is 16.5. The van der Waals surface area contributed by atoms with Crippen LogP contribution in [0.5, 0.6) is 0 Å². The molecular weight excluding hydrogens is 600 g/mol. The number of carbonyl (C=O) groups is 5. The number of esters is 1. The monoisotopic (exact) mass is 655 g/mol. The number of fused-ring (bicyclic) bond motifs is 1. The van der Waals surface area contributed by atoms with E-state index in [1.807, 2.05) is 41.5 Å². The number of amides is 5. The number of ether oxygens (including phenoxy) is 1. The highest BCUT2D eigenvalue weighted by molar-refractivity contribution is 5.96. The first-order valence-electron chi connectivity index (χ1n) is 16.5. The maximum atomic E-state index is 14.2. The van der Waals surface area contributed by atoms with E-state index >= 15 is 0 Å². The van der Waals surface area contributed by atoms with Gasteiger partial charge in [-0.2, -0.15) is 0 Å². The van der Waals surface area contributed by atoms with E-state index in [0.29, 0.717) is 0 Å². The number of nitrogens with zero attached hydrogens (tertiary/aromatic N) is 1. The molecule has 3 fully saturated rings. The number of likely N-dealkylation sites (tertiary alicyclic amines) is 1. The zero-order valence-corrected chi connectivity index (χ0v) is 29.0. The van der Waals surface area contributed by atoms with Gasteiger partial charge in [-0.25, -0.2) is 13.6 Å². The predicted molar refractivity (Wildman–Crippen MR) is 169 cm³/mol. The van der Waals surface area contributed by atoms with Gasteiger partial charge in [-0.05, 0) is 63.2 Å². The standard InChI is InChI=1S/C33H55F2N5O6/c1-30(2,3)25(38-29(45)39-33(9)14-11-10-12-15-33)28(44)40-18-19-23(32(19,7)8)24(40)27(43)37-20(17-21(34)35)26(42)36-16-13-22(41)46-31(4,5)6/h19-21,23-25H,10-18H2,1-9H3,(H,36,42)(H,37,43)(H2,38,39,45)/t19-,20-,23-,24-,25+/m0/s1. The lowest BCUT2D eigenvalue weighted by molar-refractivity contribution is -0.154. The summed E-state index contributed by atoms with van der Waals surface area (Å²) in [4.78, 5) is 67.5. The Kier molecular flexibility index (Phi) is 11.4. The number of urea groups is 1. The summed E-state index contributed by atoms with van der Waals surface area (Å²) < 4.78 is 32.3. The molecule has 0 unspecified atom stereocenters. The normalized spacial score (nSPS) is 24.7. The van der Waals surface area contributed by atoms with Gasteiger partial charge in [0.2, 0.25) is 24.1 Å². The number of piperidine rings is 1. The lowest BCUT2D eigenvalue weighted by atomic mass is 9.83. The van der Waals surface area contributed by atoms with E-state index in [2.05, 4.69) is 21.3 Å². The highest BCUT2D eigenvalue weighted by Crippen LogP contribution is 2.65. The molecule has 0 aromatic carbocycles. The van der Waals surface area contributed by atoms with E-state index in [0.717, 1.165) is 32.1 Å². The quantitative estimate of drug-likeness (QED) is 0.249. The number of nitrogens with one attached hydrogen (secondary N) is 4. The molecule has 1 saturated heterocycles. The van der Waals surface area contributed by atoms with Crippen LogP contribution in [0, 0.1) is 22.7 Å². The maximum Gasteiger partial charge on any atom is 0.315 e. The van der Waals surface area contributed by atoms with E-state index < -0.39 is 71.7 Å². The smallest absolute Gasteiger partial charge is 0.315 e. The predicted octanol–water partition coefficient (Wildman–Crippen LogP) is 3.89. The van der Waals surface area contributed by atoms with Gasteiger partial charge in [0.1, 0.15) is 23.7 Å². The second kappa shape index (κ2) is 14.0. The van der Waals surface area contributed by atoms with Crippen molar-refractivity contribution in [2.45, 2.75) is 143 Å². The molecule has 0 aromatic rings. The molecule has 3 rings (SSSR count). The van der Waals surface area contributed by atoms with Gasteiger partial charge in [-0.1, -0.05) is 53.9 Å². The molecule has 0 aromatic heterocycles. The zero-order chi connectivity index (χ0) is 34.8. The van der Waals surface area contributed by atoms with Crippen molar-refractivity contribution in [2.24, 2.45) is 22.7 Å². The van der Waals surface area contributed by atoms with Crippen LogP contribution >= 0.6 is 0 Å². The third-order valence-electron chi connectivity index (χ3n) is 9.62. The molecule has 2 saturated carbocycles. The van der Waals surface area contributed by atoms with Gasteiger partial charge in [-0.3, -0.25) is 19.2 Å². The second-order valence-corrected chi connectivity index (χ2v) is 16.2. The van der Waals surface area contributed by atoms with Gasteiger partial charge in [0, 0.05) is 25.0 Å². The summed E-state index contributed by atoms with van der Waals surface area (Å²) in [6.07, 6.45) is 0.817. The van der Waals surface area contributed by atoms with Gasteiger partial charge in [0.25, 0.3) is 0 Å². The van der Waals surface area contributed by atoms with Crippen molar-refractivity contribution < 1.29 is 37.5 Å². The fraction of sp³-hybridized carbons (Fsp3) is 0.848. The molecule has 4 N–H and O–H groups in total. The van der Waals surface area contributed by atoms with E-state index in [1.54, 1.807) is 20.8 Å². The zero-order valence-electron chi connectivity index (χ0n) is 29.0. The van der Waals surface area contributed by atoms with Crippen LogP contribution in [0.15, 0.2) is 0 Å². The van der Waals surface area contributed by atoms with E-state index in [1.165, 1.54) is 4.90 Å². The third-order valence-corrected chi connectivity index (χ3v) is 9.62. The number of hydrogen-bond donors (Lipinski definition) is 4. The summed E-state index contributed by atoms with van der Waals surface area (Å²) in [5.74, 6) is -2.80. The first-order chi connectivity index (χ1) is 21.1. The summed E-state index contributed by atoms with van der Waals surface area (Å²) in [6, 6.07) is -4.01. The summed E-state index contributed by atoms with van der Waals surface area (Å²) in [5, 5.41) is 10.9. The van der Waals surface area contributed by atoms with Crippen molar-refractivity contribution >= 4 is 29.7 Å². The highest BCUT2D eigenvalue weighted by Gasteiger charge is 2.70. The summed E-state index contributed by atoms with van der Waals surface area (Å²) >= 11 is 0. The van der Waals surface area contributed by atoms with E-state index in [9.17, 15) is 32.8 Å². The Morgan fingerprint density at radius 2 is 1.54 bits per heavy atom. The van der Waals surface area contributed by atoms with Crippen LogP contribution in [-0.2, 0) is 23.9 Å². The molecule has 2 aliphatic carbocycles. The van der Waals surface area contributed by atoms with Gasteiger partial charge in [0.05, 0.1) is 6.42 Å². The lowest BCUT2D eigenvalue weighted by Gasteiger charge is -2.39. The molecule has 11 nitrogen and oxygen atoms in total. The Bertz CT molecular complexity index is 1160. The second-order valence-electron chi connectivity index (χ2n) is 16.2. The van der Waals surface area contributed by atoms with Gasteiger partial charge in [-0.15, -0.1) is 0 Å². The minimum Gasteiger partial charge on any atom is -0.460 e. The SMILES string of the molecule is CC1(NC(=O)N[C@H](C(=O)N2C[C@H]3[C@@H]([C@H]2C(=O)N[C@@H](CC(F)F)C(=O)NCCC(=O)OC(C)(C)C)C3(C)C)C(C)(C)C)CCCCC1. The molecule has 1 aliphatic heterocycles. The van der Waals surface area contributed by atoms with Crippen molar-refractivity contribution in [3.05, 3.63) is 0 Å². The van der Waals surface area contributed by atoms with Crippen LogP contribution in [0.1, 0.15) is 107 Å². The third kappa shape index (κ3) is 9.53. The minimum absolute atomic E-state index is 0.000927.